The minimum Gasteiger partial charge on any atom is -0.388 e. The molecule has 1 atom stereocenters. The van der Waals surface area contributed by atoms with Crippen LogP contribution in [0.2, 0.25) is 0 Å². The first-order chi connectivity index (χ1) is 6.86. The lowest BCUT2D eigenvalue weighted by Crippen LogP contribution is -2.43. The lowest BCUT2D eigenvalue weighted by atomic mass is 9.77. The van der Waals surface area contributed by atoms with Crippen LogP contribution in [-0.4, -0.2) is 29.0 Å². The number of hydrogen-bond acceptors (Lipinski definition) is 3. The molecule has 0 heterocycles. The fraction of sp³-hybridized carbons (Fsp3) is 1.00. The largest absolute Gasteiger partial charge is 0.388 e. The van der Waals surface area contributed by atoms with E-state index in [1.54, 1.807) is 13.8 Å². The Balaban J connectivity index is 4.35. The summed E-state index contributed by atoms with van der Waals surface area (Å²) in [6.07, 6.45) is 0.869. The summed E-state index contributed by atoms with van der Waals surface area (Å²) < 4.78 is 5.77. The maximum absolute atomic E-state index is 9.64. The van der Waals surface area contributed by atoms with Crippen molar-refractivity contribution < 1.29 is 9.84 Å². The molecule has 0 aromatic carbocycles. The Bertz CT molecular complexity index is 214. The van der Waals surface area contributed by atoms with E-state index in [1.165, 1.54) is 0 Å². The number of hydrogen-bond donors (Lipinski definition) is 2. The molecule has 0 spiro atoms. The molecule has 1 unspecified atom stereocenters. The standard InChI is InChI=1S/C13H29NO2/c1-10(14)11(2,3)8-13(6,7)16-9-12(4,5)15/h10,15H,8-9,14H2,1-7H3. The second-order valence-electron chi connectivity index (χ2n) is 6.81. The van der Waals surface area contributed by atoms with Crippen molar-refractivity contribution in [2.45, 2.75) is 72.1 Å². The Morgan fingerprint density at radius 1 is 1.12 bits per heavy atom. The molecule has 0 aliphatic carbocycles. The average Bonchev–Trinajstić information content (AvgIpc) is 1.97. The molecular weight excluding hydrogens is 202 g/mol. The van der Waals surface area contributed by atoms with E-state index >= 15 is 0 Å². The van der Waals surface area contributed by atoms with Crippen LogP contribution in [0.15, 0.2) is 0 Å². The van der Waals surface area contributed by atoms with Crippen LogP contribution in [0, 0.1) is 5.41 Å². The van der Waals surface area contributed by atoms with Gasteiger partial charge in [-0.25, -0.2) is 0 Å². The van der Waals surface area contributed by atoms with Gasteiger partial charge in [0.05, 0.1) is 17.8 Å². The SMILES string of the molecule is CC(N)C(C)(C)CC(C)(C)OCC(C)(C)O. The minimum absolute atomic E-state index is 0.0309. The van der Waals surface area contributed by atoms with Gasteiger partial charge in [0.25, 0.3) is 0 Å². The first-order valence-electron chi connectivity index (χ1n) is 5.98. The number of ether oxygens (including phenoxy) is 1. The molecule has 3 N–H and O–H groups in total. The van der Waals surface area contributed by atoms with Crippen LogP contribution in [-0.2, 0) is 4.74 Å². The molecular formula is C13H29NO2. The van der Waals surface area contributed by atoms with E-state index in [0.29, 0.717) is 6.61 Å². The van der Waals surface area contributed by atoms with E-state index in [-0.39, 0.29) is 17.1 Å². The van der Waals surface area contributed by atoms with Crippen LogP contribution in [0.4, 0.5) is 0 Å². The van der Waals surface area contributed by atoms with Crippen LogP contribution in [0.25, 0.3) is 0 Å². The summed E-state index contributed by atoms with van der Waals surface area (Å²) in [5, 5.41) is 9.64. The molecule has 0 aliphatic heterocycles. The van der Waals surface area contributed by atoms with Gasteiger partial charge in [-0.1, -0.05) is 13.8 Å². The molecule has 0 aliphatic rings. The summed E-state index contributed by atoms with van der Waals surface area (Å²) in [5.74, 6) is 0. The van der Waals surface area contributed by atoms with Crippen LogP contribution >= 0.6 is 0 Å². The number of nitrogens with two attached hydrogens (primary N) is 1. The predicted molar refractivity (Wildman–Crippen MR) is 68.4 cm³/mol. The van der Waals surface area contributed by atoms with E-state index in [4.69, 9.17) is 10.5 Å². The normalized spacial score (nSPS) is 16.3. The predicted octanol–water partition coefficient (Wildman–Crippen LogP) is 2.32. The lowest BCUT2D eigenvalue weighted by molar-refractivity contribution is -0.107. The Morgan fingerprint density at radius 2 is 1.56 bits per heavy atom. The molecule has 0 saturated carbocycles. The maximum atomic E-state index is 9.64. The highest BCUT2D eigenvalue weighted by Crippen LogP contribution is 2.32. The highest BCUT2D eigenvalue weighted by molar-refractivity contribution is 4.86. The zero-order chi connectivity index (χ0) is 13.2. The van der Waals surface area contributed by atoms with Crippen molar-refractivity contribution in [3.8, 4) is 0 Å². The maximum Gasteiger partial charge on any atom is 0.0824 e. The molecule has 0 bridgehead atoms. The van der Waals surface area contributed by atoms with E-state index < -0.39 is 5.60 Å². The van der Waals surface area contributed by atoms with Crippen LogP contribution in [0.5, 0.6) is 0 Å². The highest BCUT2D eigenvalue weighted by Gasteiger charge is 2.33. The van der Waals surface area contributed by atoms with E-state index in [1.807, 2.05) is 20.8 Å². The summed E-state index contributed by atoms with van der Waals surface area (Å²) in [6, 6.07) is 0.123. The van der Waals surface area contributed by atoms with Gasteiger partial charge < -0.3 is 15.6 Å². The third-order valence-corrected chi connectivity index (χ3v) is 2.93. The van der Waals surface area contributed by atoms with Crippen molar-refractivity contribution >= 4 is 0 Å². The monoisotopic (exact) mass is 231 g/mol. The van der Waals surface area contributed by atoms with Gasteiger partial charge >= 0.3 is 0 Å². The fourth-order valence-corrected chi connectivity index (χ4v) is 1.68. The van der Waals surface area contributed by atoms with Gasteiger partial charge in [-0.05, 0) is 46.5 Å². The second kappa shape index (κ2) is 5.03. The Kier molecular flexibility index (Phi) is 4.99. The molecule has 0 fully saturated rings. The van der Waals surface area contributed by atoms with Crippen LogP contribution in [0.3, 0.4) is 0 Å². The molecule has 98 valence electrons. The smallest absolute Gasteiger partial charge is 0.0824 e. The van der Waals surface area contributed by atoms with Crippen molar-refractivity contribution in [3.05, 3.63) is 0 Å². The van der Waals surface area contributed by atoms with Gasteiger partial charge in [-0.2, -0.15) is 0 Å². The first-order valence-corrected chi connectivity index (χ1v) is 5.98. The van der Waals surface area contributed by atoms with E-state index in [9.17, 15) is 5.11 Å². The third kappa shape index (κ3) is 6.46. The quantitative estimate of drug-likeness (QED) is 0.737. The van der Waals surface area contributed by atoms with Gasteiger partial charge in [0.15, 0.2) is 0 Å². The topological polar surface area (TPSA) is 55.5 Å². The summed E-state index contributed by atoms with van der Waals surface area (Å²) in [6.45, 7) is 14.2. The average molecular weight is 231 g/mol. The molecule has 3 heteroatoms. The Hall–Kier alpha value is -0.120. The number of aliphatic hydroxyl groups is 1. The minimum atomic E-state index is -0.782. The van der Waals surface area contributed by atoms with Gasteiger partial charge in [-0.15, -0.1) is 0 Å². The highest BCUT2D eigenvalue weighted by atomic mass is 16.5. The van der Waals surface area contributed by atoms with Gasteiger partial charge in [0, 0.05) is 6.04 Å². The lowest BCUT2D eigenvalue weighted by Gasteiger charge is -2.38. The zero-order valence-electron chi connectivity index (χ0n) is 11.9. The third-order valence-electron chi connectivity index (χ3n) is 2.93. The fourth-order valence-electron chi connectivity index (χ4n) is 1.68. The van der Waals surface area contributed by atoms with Crippen molar-refractivity contribution in [2.75, 3.05) is 6.61 Å². The molecule has 0 saturated heterocycles. The first kappa shape index (κ1) is 15.9. The molecule has 0 radical (unpaired) electrons. The van der Waals surface area contributed by atoms with Crippen LogP contribution < -0.4 is 5.73 Å². The summed E-state index contributed by atoms with van der Waals surface area (Å²) in [4.78, 5) is 0. The van der Waals surface area contributed by atoms with Crippen LogP contribution in [0.1, 0.15) is 54.9 Å². The van der Waals surface area contributed by atoms with E-state index in [2.05, 4.69) is 13.8 Å². The van der Waals surface area contributed by atoms with Gasteiger partial charge in [-0.3, -0.25) is 0 Å². The summed E-state index contributed by atoms with van der Waals surface area (Å²) in [5.41, 5.74) is 4.94. The zero-order valence-corrected chi connectivity index (χ0v) is 11.9. The molecule has 0 rings (SSSR count). The molecule has 0 aromatic rings. The van der Waals surface area contributed by atoms with Gasteiger partial charge in [0.1, 0.15) is 0 Å². The molecule has 3 nitrogen and oxygen atoms in total. The van der Waals surface area contributed by atoms with Gasteiger partial charge in [0.2, 0.25) is 0 Å². The Morgan fingerprint density at radius 3 is 1.88 bits per heavy atom. The van der Waals surface area contributed by atoms with Crippen molar-refractivity contribution in [3.63, 3.8) is 0 Å². The van der Waals surface area contributed by atoms with E-state index in [0.717, 1.165) is 6.42 Å². The van der Waals surface area contributed by atoms with Crippen molar-refractivity contribution in [2.24, 2.45) is 11.1 Å². The summed E-state index contributed by atoms with van der Waals surface area (Å²) >= 11 is 0. The Labute approximate surface area is 100 Å². The molecule has 0 aromatic heterocycles. The summed E-state index contributed by atoms with van der Waals surface area (Å²) in [7, 11) is 0. The molecule has 0 amide bonds. The van der Waals surface area contributed by atoms with Crippen molar-refractivity contribution in [1.82, 2.24) is 0 Å². The number of rotatable bonds is 6. The molecule has 16 heavy (non-hydrogen) atoms. The second-order valence-corrected chi connectivity index (χ2v) is 6.81. The van der Waals surface area contributed by atoms with Crippen molar-refractivity contribution in [1.29, 1.82) is 0 Å².